The summed E-state index contributed by atoms with van der Waals surface area (Å²) in [7, 11) is -6.57. The topological polar surface area (TPSA) is 116 Å². The van der Waals surface area contributed by atoms with E-state index in [9.17, 15) is 61.9 Å². The summed E-state index contributed by atoms with van der Waals surface area (Å²) >= 11 is 0. The molecule has 206 valence electrons. The van der Waals surface area contributed by atoms with Gasteiger partial charge in [0.2, 0.25) is 0 Å². The lowest BCUT2D eigenvalue weighted by Crippen LogP contribution is -2.58. The first-order valence-corrected chi connectivity index (χ1v) is 10.4. The van der Waals surface area contributed by atoms with Gasteiger partial charge in [-0.05, 0) is 19.8 Å². The number of carbonyl (C=O) groups is 2. The fraction of sp³-hybridized carbons (Fsp3) is 0.750. The molecular weight excluding hydrogens is 542 g/mol. The van der Waals surface area contributed by atoms with Crippen LogP contribution in [0.2, 0.25) is 0 Å². The van der Waals surface area contributed by atoms with Crippen LogP contribution in [0.4, 0.5) is 43.9 Å². The molecule has 0 radical (unpaired) electrons. The Morgan fingerprint density at radius 3 is 1.80 bits per heavy atom. The van der Waals surface area contributed by atoms with Crippen LogP contribution in [0, 0.1) is 0 Å². The summed E-state index contributed by atoms with van der Waals surface area (Å²) < 4.78 is 171. The molecule has 0 bridgehead atoms. The Hall–Kier alpha value is -2.15. The predicted molar refractivity (Wildman–Crippen MR) is 92.6 cm³/mol. The van der Waals surface area contributed by atoms with Crippen molar-refractivity contribution in [1.82, 2.24) is 0 Å². The zero-order valence-corrected chi connectivity index (χ0v) is 18.3. The van der Waals surface area contributed by atoms with Crippen molar-refractivity contribution in [3.05, 3.63) is 12.2 Å². The van der Waals surface area contributed by atoms with Crippen molar-refractivity contribution in [1.29, 1.82) is 0 Å². The molecule has 0 aromatic heterocycles. The van der Waals surface area contributed by atoms with Crippen molar-refractivity contribution in [2.75, 3.05) is 13.2 Å². The molecule has 1 N–H and O–H groups in total. The van der Waals surface area contributed by atoms with E-state index in [0.29, 0.717) is 0 Å². The second-order valence-electron chi connectivity index (χ2n) is 6.79. The molecule has 0 aliphatic heterocycles. The second kappa shape index (κ2) is 11.3. The van der Waals surface area contributed by atoms with E-state index in [1.165, 1.54) is 0 Å². The Labute approximate surface area is 190 Å². The van der Waals surface area contributed by atoms with Gasteiger partial charge in [-0.1, -0.05) is 6.58 Å². The monoisotopic (exact) mass is 560 g/mol. The van der Waals surface area contributed by atoms with Gasteiger partial charge in [-0.15, -0.1) is 0 Å². The molecule has 0 aromatic rings. The van der Waals surface area contributed by atoms with Gasteiger partial charge in [-0.25, -0.2) is 9.59 Å². The second-order valence-corrected chi connectivity index (χ2v) is 8.25. The fourth-order valence-electron chi connectivity index (χ4n) is 1.96. The lowest BCUT2D eigenvalue weighted by molar-refractivity contribution is -0.355. The highest BCUT2D eigenvalue weighted by molar-refractivity contribution is 7.87. The third-order valence-electron chi connectivity index (χ3n) is 3.79. The van der Waals surface area contributed by atoms with Crippen LogP contribution in [0.15, 0.2) is 12.2 Å². The van der Waals surface area contributed by atoms with Gasteiger partial charge in [0.1, 0.15) is 6.61 Å². The average molecular weight is 560 g/mol. The van der Waals surface area contributed by atoms with Gasteiger partial charge in [-0.2, -0.15) is 52.3 Å². The van der Waals surface area contributed by atoms with Gasteiger partial charge in [0.05, 0.1) is 13.0 Å². The summed E-state index contributed by atoms with van der Waals surface area (Å²) in [6.45, 7) is 0.633. The SMILES string of the molecule is C=C(C)C(=O)OC(OCCCCC(F)(F)C(F)(F)S(=O)(=O)O)(C(=O)OCCC(F)(F)F)C(F)(F)F. The molecule has 0 spiro atoms. The molecule has 19 heteroatoms. The number of halogens is 10. The maximum absolute atomic E-state index is 13.6. The van der Waals surface area contributed by atoms with E-state index in [2.05, 4.69) is 20.8 Å². The van der Waals surface area contributed by atoms with Crippen molar-refractivity contribution < 1.29 is 80.7 Å². The minimum atomic E-state index is -6.57. The molecule has 0 rings (SSSR count). The van der Waals surface area contributed by atoms with Crippen molar-refractivity contribution in [2.24, 2.45) is 0 Å². The molecule has 0 amide bonds. The van der Waals surface area contributed by atoms with Gasteiger partial charge in [0, 0.05) is 12.0 Å². The van der Waals surface area contributed by atoms with E-state index in [-0.39, 0.29) is 0 Å². The zero-order chi connectivity index (χ0) is 28.1. The standard InChI is InChI=1S/C16H18F10O8S/c1-9(2)10(27)34-14(15(22,23)24,11(28)32-8-6-13(19,20)21)33-7-4-3-5-12(17,18)16(25,26)35(29,30)31/h1,3-8H2,2H3,(H,29,30,31). The molecule has 0 aromatic carbocycles. The highest BCUT2D eigenvalue weighted by Crippen LogP contribution is 2.42. The Kier molecular flexibility index (Phi) is 10.6. The molecule has 8 nitrogen and oxygen atoms in total. The number of alkyl halides is 10. The van der Waals surface area contributed by atoms with E-state index in [1.54, 1.807) is 0 Å². The summed E-state index contributed by atoms with van der Waals surface area (Å²) in [5.74, 6) is -14.7. The molecular formula is C16H18F10O8S. The number of hydrogen-bond donors (Lipinski definition) is 1. The van der Waals surface area contributed by atoms with E-state index in [1.807, 2.05) is 0 Å². The highest BCUT2D eigenvalue weighted by atomic mass is 32.2. The van der Waals surface area contributed by atoms with Crippen molar-refractivity contribution >= 4 is 22.1 Å². The molecule has 0 fully saturated rings. The van der Waals surface area contributed by atoms with Crippen molar-refractivity contribution in [2.45, 2.75) is 61.9 Å². The molecule has 1 atom stereocenters. The molecule has 1 unspecified atom stereocenters. The van der Waals surface area contributed by atoms with Crippen molar-refractivity contribution in [3.8, 4) is 0 Å². The van der Waals surface area contributed by atoms with Crippen LogP contribution in [0.3, 0.4) is 0 Å². The lowest BCUT2D eigenvalue weighted by Gasteiger charge is -2.32. The zero-order valence-electron chi connectivity index (χ0n) is 17.4. The van der Waals surface area contributed by atoms with Crippen LogP contribution >= 0.6 is 0 Å². The summed E-state index contributed by atoms with van der Waals surface area (Å²) in [4.78, 5) is 23.6. The van der Waals surface area contributed by atoms with E-state index >= 15 is 0 Å². The number of carbonyl (C=O) groups excluding carboxylic acids is 2. The summed E-state index contributed by atoms with van der Waals surface area (Å²) in [6, 6.07) is 0. The average Bonchev–Trinajstić information content (AvgIpc) is 2.63. The Balaban J connectivity index is 5.62. The molecule has 0 aliphatic rings. The summed E-state index contributed by atoms with van der Waals surface area (Å²) in [5.41, 5.74) is -0.739. The van der Waals surface area contributed by atoms with Crippen LogP contribution in [0.25, 0.3) is 0 Å². The first-order valence-electron chi connectivity index (χ1n) is 8.97. The van der Waals surface area contributed by atoms with Crippen LogP contribution in [-0.2, 0) is 33.9 Å². The van der Waals surface area contributed by atoms with Gasteiger partial charge >= 0.3 is 51.4 Å². The van der Waals surface area contributed by atoms with Gasteiger partial charge < -0.3 is 14.2 Å². The number of unbranched alkanes of at least 4 members (excludes halogenated alkanes) is 1. The van der Waals surface area contributed by atoms with Gasteiger partial charge in [0.15, 0.2) is 0 Å². The highest BCUT2D eigenvalue weighted by Gasteiger charge is 2.68. The summed E-state index contributed by atoms with van der Waals surface area (Å²) in [6.07, 6.45) is -17.1. The third kappa shape index (κ3) is 8.78. The third-order valence-corrected chi connectivity index (χ3v) is 4.73. The normalized spacial score (nSPS) is 15.3. The molecule has 0 saturated carbocycles. The van der Waals surface area contributed by atoms with E-state index in [0.717, 1.165) is 6.92 Å². The van der Waals surface area contributed by atoms with Crippen LogP contribution in [0.1, 0.15) is 32.6 Å². The minimum Gasteiger partial charge on any atom is -0.460 e. The van der Waals surface area contributed by atoms with Crippen LogP contribution in [-0.4, -0.2) is 67.4 Å². The first kappa shape index (κ1) is 32.8. The minimum absolute atomic E-state index is 0.739. The van der Waals surface area contributed by atoms with Crippen LogP contribution in [0.5, 0.6) is 0 Å². The number of rotatable bonds is 13. The van der Waals surface area contributed by atoms with Crippen molar-refractivity contribution in [3.63, 3.8) is 0 Å². The van der Waals surface area contributed by atoms with Crippen LogP contribution < -0.4 is 0 Å². The van der Waals surface area contributed by atoms with Gasteiger partial charge in [0.25, 0.3) is 0 Å². The van der Waals surface area contributed by atoms with E-state index < -0.39 is 95.8 Å². The molecule has 0 saturated heterocycles. The molecule has 0 aliphatic carbocycles. The predicted octanol–water partition coefficient (Wildman–Crippen LogP) is 4.16. The Morgan fingerprint density at radius 2 is 1.40 bits per heavy atom. The fourth-order valence-corrected chi connectivity index (χ4v) is 2.44. The largest absolute Gasteiger partial charge is 0.468 e. The lowest BCUT2D eigenvalue weighted by atomic mass is 10.1. The molecule has 0 heterocycles. The Morgan fingerprint density at radius 1 is 0.886 bits per heavy atom. The number of ether oxygens (including phenoxy) is 3. The smallest absolute Gasteiger partial charge is 0.460 e. The quantitative estimate of drug-likeness (QED) is 0.0892. The maximum atomic E-state index is 13.6. The van der Waals surface area contributed by atoms with Gasteiger partial charge in [-0.3, -0.25) is 4.55 Å². The summed E-state index contributed by atoms with van der Waals surface area (Å²) in [5, 5.41) is -5.95. The van der Waals surface area contributed by atoms with E-state index in [4.69, 9.17) is 4.55 Å². The number of hydrogen-bond acceptors (Lipinski definition) is 7. The Bertz CT molecular complexity index is 882. The number of esters is 2. The molecule has 35 heavy (non-hydrogen) atoms. The first-order chi connectivity index (χ1) is 15.4. The maximum Gasteiger partial charge on any atom is 0.468 e.